The lowest BCUT2D eigenvalue weighted by atomic mass is 9.51. The molecule has 7 heteroatoms. The monoisotopic (exact) mass is 612 g/mol. The molecule has 5 atom stereocenters. The van der Waals surface area contributed by atoms with Gasteiger partial charge in [-0.05, 0) is 78.6 Å². The number of benzene rings is 2. The lowest BCUT2D eigenvalue weighted by Gasteiger charge is -2.58. The van der Waals surface area contributed by atoms with Gasteiger partial charge in [0, 0.05) is 26.2 Å². The molecule has 2 aromatic carbocycles. The van der Waals surface area contributed by atoms with Crippen molar-refractivity contribution in [2.24, 2.45) is 17.3 Å². The van der Waals surface area contributed by atoms with Crippen molar-refractivity contribution in [1.82, 2.24) is 9.80 Å². The van der Waals surface area contributed by atoms with Crippen LogP contribution in [-0.2, 0) is 14.0 Å². The van der Waals surface area contributed by atoms with Crippen LogP contribution >= 0.6 is 0 Å². The second-order valence-corrected chi connectivity index (χ2v) is 19.3. The van der Waals surface area contributed by atoms with E-state index in [1.54, 1.807) is 0 Å². The van der Waals surface area contributed by atoms with Crippen LogP contribution in [0.2, 0.25) is 5.04 Å². The maximum atomic E-state index is 14.8. The van der Waals surface area contributed by atoms with Crippen LogP contribution in [0.1, 0.15) is 72.1 Å². The molecule has 6 nitrogen and oxygen atoms in total. The van der Waals surface area contributed by atoms with Gasteiger partial charge < -0.3 is 19.0 Å². The molecule has 0 radical (unpaired) electrons. The summed E-state index contributed by atoms with van der Waals surface area (Å²) in [4.78, 5) is 32.4. The predicted molar refractivity (Wildman–Crippen MR) is 175 cm³/mol. The van der Waals surface area contributed by atoms with Crippen LogP contribution in [0.15, 0.2) is 72.8 Å². The van der Waals surface area contributed by atoms with Gasteiger partial charge in [-0.25, -0.2) is 4.79 Å². The topological polar surface area (TPSA) is 59.1 Å². The van der Waals surface area contributed by atoms with Crippen LogP contribution < -0.4 is 10.4 Å². The average Bonchev–Trinajstić information content (AvgIpc) is 3.55. The third-order valence-electron chi connectivity index (χ3n) is 11.7. The Morgan fingerprint density at radius 1 is 0.886 bits per heavy atom. The molecule has 4 heterocycles. The molecule has 2 aromatic rings. The summed E-state index contributed by atoms with van der Waals surface area (Å²) in [6, 6.07) is 21.5. The van der Waals surface area contributed by atoms with Crippen LogP contribution in [0.25, 0.3) is 0 Å². The molecular formula is C37H48N2O4Si. The van der Waals surface area contributed by atoms with Crippen LogP contribution in [0.5, 0.6) is 0 Å². The fraction of sp³-hybridized carbons (Fsp3) is 0.568. The van der Waals surface area contributed by atoms with E-state index in [4.69, 9.17) is 9.16 Å². The number of ether oxygens (including phenoxy) is 1. The van der Waals surface area contributed by atoms with Crippen molar-refractivity contribution < 1.29 is 18.8 Å². The second-order valence-electron chi connectivity index (χ2n) is 15.0. The number of piperidine rings is 1. The Hall–Kier alpha value is -2.90. The standard InChI is InChI=1S/C37H48N2O4Si/c1-35(2,3)44(29-16-10-8-11-17-29,30-18-12-9-13-19-30)42-27-28-26-36-21-14-6-4-5-7-15-23-38-24-20-31(28)37(33(38)40)22-25-39(32(36)37)34(41)43-36/h4,6,8-13,16-19,28,31-32H,5,7,14-15,20-27H2,1-3H3/b6-4-/t28-,31-,32-,36-,37-/m0/s1. The molecule has 4 aliphatic heterocycles. The smallest absolute Gasteiger partial charge is 0.410 e. The summed E-state index contributed by atoms with van der Waals surface area (Å²) in [6.07, 6.45) is 11.6. The van der Waals surface area contributed by atoms with Gasteiger partial charge in [0.1, 0.15) is 5.60 Å². The molecule has 4 fully saturated rings. The molecule has 3 bridgehead atoms. The third-order valence-corrected chi connectivity index (χ3v) is 16.7. The van der Waals surface area contributed by atoms with Gasteiger partial charge in [-0.1, -0.05) is 93.6 Å². The molecule has 2 amide bonds. The quantitative estimate of drug-likeness (QED) is 0.312. The lowest BCUT2D eigenvalue weighted by Crippen LogP contribution is -2.70. The van der Waals surface area contributed by atoms with E-state index in [1.807, 2.05) is 4.90 Å². The van der Waals surface area contributed by atoms with Gasteiger partial charge in [0.15, 0.2) is 0 Å². The summed E-state index contributed by atoms with van der Waals surface area (Å²) in [6.45, 7) is 9.74. The Labute approximate surface area is 263 Å². The molecule has 0 unspecified atom stereocenters. The summed E-state index contributed by atoms with van der Waals surface area (Å²) < 4.78 is 14.0. The molecule has 1 spiro atoms. The molecule has 7 rings (SSSR count). The minimum Gasteiger partial charge on any atom is -0.441 e. The first kappa shape index (κ1) is 29.8. The Balaban J connectivity index is 1.33. The number of nitrogens with zero attached hydrogens (tertiary/aromatic N) is 2. The van der Waals surface area contributed by atoms with Gasteiger partial charge in [0.05, 0.1) is 11.5 Å². The van der Waals surface area contributed by atoms with Crippen molar-refractivity contribution in [2.75, 3.05) is 26.2 Å². The van der Waals surface area contributed by atoms with Crippen molar-refractivity contribution in [3.8, 4) is 0 Å². The minimum atomic E-state index is -2.78. The molecular weight excluding hydrogens is 565 g/mol. The first-order chi connectivity index (χ1) is 21.2. The average molecular weight is 613 g/mol. The number of hydrogen-bond acceptors (Lipinski definition) is 4. The van der Waals surface area contributed by atoms with Crippen molar-refractivity contribution in [3.63, 3.8) is 0 Å². The number of amides is 2. The van der Waals surface area contributed by atoms with E-state index in [2.05, 4.69) is 98.5 Å². The number of rotatable bonds is 5. The molecule has 0 aromatic heterocycles. The maximum Gasteiger partial charge on any atom is 0.410 e. The zero-order chi connectivity index (χ0) is 30.6. The van der Waals surface area contributed by atoms with E-state index in [1.165, 1.54) is 10.4 Å². The third kappa shape index (κ3) is 4.44. The van der Waals surface area contributed by atoms with E-state index in [-0.39, 0.29) is 34.9 Å². The number of allylic oxidation sites excluding steroid dienone is 2. The SMILES string of the molecule is CC(C)(C)[Si](OC[C@@H]1C[C@]23CC/C=C\CCCCN4CC[C@@H]1[C@]1(CCN(C(=O)O2)[C@@H]31)C4=O)(c1ccccc1)c1ccccc1. The first-order valence-electron chi connectivity index (χ1n) is 16.9. The maximum absolute atomic E-state index is 14.8. The van der Waals surface area contributed by atoms with Crippen LogP contribution in [0.4, 0.5) is 4.79 Å². The van der Waals surface area contributed by atoms with Crippen molar-refractivity contribution in [3.05, 3.63) is 72.8 Å². The van der Waals surface area contributed by atoms with E-state index in [9.17, 15) is 9.59 Å². The van der Waals surface area contributed by atoms with Crippen molar-refractivity contribution >= 4 is 30.7 Å². The van der Waals surface area contributed by atoms with Crippen molar-refractivity contribution in [1.29, 1.82) is 0 Å². The van der Waals surface area contributed by atoms with Crippen molar-refractivity contribution in [2.45, 2.75) is 88.8 Å². The molecule has 3 saturated heterocycles. The Morgan fingerprint density at radius 3 is 2.25 bits per heavy atom. The Kier molecular flexibility index (Phi) is 7.56. The van der Waals surface area contributed by atoms with Gasteiger partial charge in [0.2, 0.25) is 5.91 Å². The lowest BCUT2D eigenvalue weighted by molar-refractivity contribution is -0.176. The van der Waals surface area contributed by atoms with E-state index < -0.39 is 19.3 Å². The zero-order valence-electron chi connectivity index (χ0n) is 26.7. The fourth-order valence-electron chi connectivity index (χ4n) is 10.0. The number of carbonyl (C=O) groups excluding carboxylic acids is 2. The summed E-state index contributed by atoms with van der Waals surface area (Å²) in [5.74, 6) is 0.563. The zero-order valence-corrected chi connectivity index (χ0v) is 27.7. The van der Waals surface area contributed by atoms with E-state index in [0.29, 0.717) is 13.2 Å². The second kappa shape index (κ2) is 11.2. The van der Waals surface area contributed by atoms with E-state index >= 15 is 0 Å². The van der Waals surface area contributed by atoms with E-state index in [0.717, 1.165) is 64.5 Å². The summed E-state index contributed by atoms with van der Waals surface area (Å²) >= 11 is 0. The number of fused-ring (bicyclic) bond motifs is 1. The van der Waals surface area contributed by atoms with Crippen LogP contribution in [-0.4, -0.2) is 68.0 Å². The molecule has 5 aliphatic rings. The molecule has 0 N–H and O–H groups in total. The van der Waals surface area contributed by atoms with Gasteiger partial charge in [0.25, 0.3) is 8.32 Å². The predicted octanol–water partition coefficient (Wildman–Crippen LogP) is 5.90. The normalized spacial score (nSPS) is 32.8. The van der Waals surface area contributed by atoms with Gasteiger partial charge in [-0.3, -0.25) is 4.79 Å². The summed E-state index contributed by atoms with van der Waals surface area (Å²) in [5.41, 5.74) is -1.26. The Bertz CT molecular complexity index is 1370. The highest BCUT2D eigenvalue weighted by Gasteiger charge is 2.75. The minimum absolute atomic E-state index is 0.124. The highest BCUT2D eigenvalue weighted by Crippen LogP contribution is 2.64. The number of carbonyl (C=O) groups is 2. The van der Waals surface area contributed by atoms with Crippen LogP contribution in [0, 0.1) is 17.3 Å². The highest BCUT2D eigenvalue weighted by atomic mass is 28.4. The first-order valence-corrected chi connectivity index (χ1v) is 18.8. The highest BCUT2D eigenvalue weighted by molar-refractivity contribution is 6.99. The van der Waals surface area contributed by atoms with Gasteiger partial charge >= 0.3 is 6.09 Å². The molecule has 1 saturated carbocycles. The fourth-order valence-corrected chi connectivity index (χ4v) is 14.6. The van der Waals surface area contributed by atoms with Crippen LogP contribution in [0.3, 0.4) is 0 Å². The summed E-state index contributed by atoms with van der Waals surface area (Å²) in [5, 5.41) is 2.40. The Morgan fingerprint density at radius 2 is 1.57 bits per heavy atom. The van der Waals surface area contributed by atoms with Gasteiger partial charge in [-0.15, -0.1) is 0 Å². The molecule has 234 valence electrons. The largest absolute Gasteiger partial charge is 0.441 e. The summed E-state index contributed by atoms with van der Waals surface area (Å²) in [7, 11) is -2.78. The molecule has 1 aliphatic carbocycles. The number of hydrogen-bond donors (Lipinski definition) is 0. The molecule has 44 heavy (non-hydrogen) atoms. The van der Waals surface area contributed by atoms with Gasteiger partial charge in [-0.2, -0.15) is 0 Å².